The van der Waals surface area contributed by atoms with Gasteiger partial charge in [-0.2, -0.15) is 9.61 Å². The van der Waals surface area contributed by atoms with E-state index in [1.165, 1.54) is 28.0 Å². The Morgan fingerprint density at radius 2 is 2.17 bits per heavy atom. The second-order valence-electron chi connectivity index (χ2n) is 5.64. The van der Waals surface area contributed by atoms with Gasteiger partial charge in [-0.05, 0) is 18.6 Å². The summed E-state index contributed by atoms with van der Waals surface area (Å²) in [5, 5.41) is 5.51. The first-order valence-electron chi connectivity index (χ1n) is 7.60. The molecule has 24 heavy (non-hydrogen) atoms. The monoisotopic (exact) mass is 367 g/mol. The van der Waals surface area contributed by atoms with E-state index in [0.29, 0.717) is 34.3 Å². The molecule has 0 fully saturated rings. The van der Waals surface area contributed by atoms with Crippen molar-refractivity contribution in [3.05, 3.63) is 61.7 Å². The van der Waals surface area contributed by atoms with E-state index in [0.717, 1.165) is 16.3 Å². The summed E-state index contributed by atoms with van der Waals surface area (Å²) in [5.74, 6) is -0.319. The Bertz CT molecular complexity index is 919. The fourth-order valence-corrected chi connectivity index (χ4v) is 3.59. The van der Waals surface area contributed by atoms with Gasteiger partial charge in [0.2, 0.25) is 4.96 Å². The van der Waals surface area contributed by atoms with Crippen molar-refractivity contribution in [2.45, 2.75) is 26.4 Å². The van der Waals surface area contributed by atoms with Crippen molar-refractivity contribution in [2.75, 3.05) is 7.05 Å². The van der Waals surface area contributed by atoms with Crippen molar-refractivity contribution in [2.24, 2.45) is 0 Å². The molecule has 8 heteroatoms. The minimum atomic E-state index is -0.319. The Morgan fingerprint density at radius 1 is 1.38 bits per heavy atom. The Hall–Kier alpha value is -1.83. The van der Waals surface area contributed by atoms with Crippen molar-refractivity contribution in [1.82, 2.24) is 14.6 Å². The lowest BCUT2D eigenvalue weighted by molar-refractivity contribution is -0.908. The number of halogens is 2. The van der Waals surface area contributed by atoms with Gasteiger partial charge in [0.25, 0.3) is 5.56 Å². The van der Waals surface area contributed by atoms with Gasteiger partial charge in [-0.1, -0.05) is 35.9 Å². The number of benzene rings is 1. The van der Waals surface area contributed by atoms with Crippen LogP contribution in [0.5, 0.6) is 0 Å². The zero-order valence-corrected chi connectivity index (χ0v) is 14.9. The zero-order chi connectivity index (χ0) is 17.3. The van der Waals surface area contributed by atoms with Gasteiger partial charge in [-0.15, -0.1) is 0 Å². The summed E-state index contributed by atoms with van der Waals surface area (Å²) < 4.78 is 15.2. The number of rotatable bonds is 5. The van der Waals surface area contributed by atoms with Gasteiger partial charge in [-0.25, -0.2) is 9.37 Å². The fourth-order valence-electron chi connectivity index (χ4n) is 2.50. The molecule has 0 aliphatic heterocycles. The fraction of sp³-hybridized carbons (Fsp3) is 0.312. The van der Waals surface area contributed by atoms with Crippen LogP contribution < -0.4 is 10.5 Å². The van der Waals surface area contributed by atoms with Crippen molar-refractivity contribution >= 4 is 27.9 Å². The molecule has 1 aromatic carbocycles. The molecule has 0 saturated carbocycles. The van der Waals surface area contributed by atoms with Crippen molar-refractivity contribution in [3.8, 4) is 0 Å². The number of nitrogens with one attached hydrogen (secondary N) is 1. The van der Waals surface area contributed by atoms with Crippen LogP contribution in [0.25, 0.3) is 4.96 Å². The van der Waals surface area contributed by atoms with E-state index in [2.05, 4.69) is 10.1 Å². The van der Waals surface area contributed by atoms with Crippen molar-refractivity contribution in [3.63, 3.8) is 0 Å². The minimum absolute atomic E-state index is 0.192. The highest BCUT2D eigenvalue weighted by atomic mass is 35.5. The Morgan fingerprint density at radius 3 is 2.88 bits per heavy atom. The first-order chi connectivity index (χ1) is 11.5. The van der Waals surface area contributed by atoms with Crippen molar-refractivity contribution in [1.29, 1.82) is 0 Å². The summed E-state index contributed by atoms with van der Waals surface area (Å²) in [6, 6.07) is 6.14. The number of fused-ring (bicyclic) bond motifs is 1. The van der Waals surface area contributed by atoms with Gasteiger partial charge in [0.15, 0.2) is 0 Å². The maximum absolute atomic E-state index is 13.9. The lowest BCUT2D eigenvalue weighted by atomic mass is 10.2. The number of aryl methyl sites for hydroxylation is 1. The maximum atomic E-state index is 13.9. The molecule has 0 bridgehead atoms. The molecular weight excluding hydrogens is 351 g/mol. The Labute approximate surface area is 147 Å². The van der Waals surface area contributed by atoms with Crippen LogP contribution in [0.4, 0.5) is 4.39 Å². The third-order valence-electron chi connectivity index (χ3n) is 3.67. The Balaban J connectivity index is 1.82. The molecule has 0 radical (unpaired) electrons. The molecule has 0 saturated heterocycles. The summed E-state index contributed by atoms with van der Waals surface area (Å²) >= 11 is 7.48. The summed E-state index contributed by atoms with van der Waals surface area (Å²) in [7, 11) is 1.91. The van der Waals surface area contributed by atoms with Gasteiger partial charge < -0.3 is 4.90 Å². The lowest BCUT2D eigenvalue weighted by Crippen LogP contribution is -3.06. The highest BCUT2D eigenvalue weighted by molar-refractivity contribution is 7.16. The molecule has 0 aliphatic carbocycles. The van der Waals surface area contributed by atoms with Crippen LogP contribution >= 0.6 is 22.9 Å². The zero-order valence-electron chi connectivity index (χ0n) is 13.3. The Kier molecular flexibility index (Phi) is 4.93. The second-order valence-corrected chi connectivity index (χ2v) is 7.09. The van der Waals surface area contributed by atoms with Gasteiger partial charge in [0, 0.05) is 6.07 Å². The predicted octanol–water partition coefficient (Wildman–Crippen LogP) is 1.72. The molecule has 0 spiro atoms. The average molecular weight is 368 g/mol. The molecule has 2 heterocycles. The number of hydrogen-bond acceptors (Lipinski definition) is 4. The van der Waals surface area contributed by atoms with E-state index in [9.17, 15) is 9.18 Å². The minimum Gasteiger partial charge on any atom is -0.328 e. The quantitative estimate of drug-likeness (QED) is 0.747. The summed E-state index contributed by atoms with van der Waals surface area (Å²) in [6.07, 6.45) is 0.764. The number of quaternary nitrogens is 1. The number of nitrogens with zero attached hydrogens (tertiary/aromatic N) is 3. The highest BCUT2D eigenvalue weighted by Crippen LogP contribution is 2.17. The van der Waals surface area contributed by atoms with E-state index < -0.39 is 0 Å². The summed E-state index contributed by atoms with van der Waals surface area (Å²) in [5.41, 5.74) is 0.944. The van der Waals surface area contributed by atoms with Crippen LogP contribution in [0.1, 0.15) is 23.2 Å². The second kappa shape index (κ2) is 6.96. The smallest absolute Gasteiger partial charge is 0.275 e. The molecule has 2 aromatic heterocycles. The normalized spacial score (nSPS) is 12.7. The first-order valence-corrected chi connectivity index (χ1v) is 8.80. The molecule has 3 rings (SSSR count). The molecule has 3 aromatic rings. The number of aromatic nitrogens is 3. The molecule has 5 nitrogen and oxygen atoms in total. The van der Waals surface area contributed by atoms with Crippen LogP contribution in [0.3, 0.4) is 0 Å². The van der Waals surface area contributed by atoms with Gasteiger partial charge >= 0.3 is 0 Å². The summed E-state index contributed by atoms with van der Waals surface area (Å²) in [6.45, 7) is 2.89. The first kappa shape index (κ1) is 17.0. The van der Waals surface area contributed by atoms with Crippen LogP contribution in [-0.4, -0.2) is 21.6 Å². The predicted molar refractivity (Wildman–Crippen MR) is 92.2 cm³/mol. The third-order valence-corrected chi connectivity index (χ3v) is 5.07. The van der Waals surface area contributed by atoms with E-state index in [1.807, 2.05) is 14.0 Å². The van der Waals surface area contributed by atoms with Crippen LogP contribution in [-0.2, 0) is 19.5 Å². The van der Waals surface area contributed by atoms with Gasteiger partial charge in [-0.3, -0.25) is 4.79 Å². The average Bonchev–Trinajstić information content (AvgIpc) is 2.95. The third kappa shape index (κ3) is 3.48. The molecule has 0 aliphatic rings. The van der Waals surface area contributed by atoms with Crippen LogP contribution in [0.2, 0.25) is 5.02 Å². The molecule has 1 atom stereocenters. The summed E-state index contributed by atoms with van der Waals surface area (Å²) in [4.78, 5) is 18.2. The van der Waals surface area contributed by atoms with Gasteiger partial charge in [0.05, 0.1) is 17.6 Å². The molecule has 0 amide bonds. The van der Waals surface area contributed by atoms with Gasteiger partial charge in [0.1, 0.15) is 29.6 Å². The topological polar surface area (TPSA) is 51.7 Å². The van der Waals surface area contributed by atoms with Crippen LogP contribution in [0, 0.1) is 5.82 Å². The SMILES string of the molecule is CCc1nn2c(=O)cc(C[NH+](C)Cc3c(F)cccc3Cl)nc2s1. The largest absolute Gasteiger partial charge is 0.328 e. The number of hydrogen-bond donors (Lipinski definition) is 1. The van der Waals surface area contributed by atoms with E-state index in [4.69, 9.17) is 11.6 Å². The van der Waals surface area contributed by atoms with Crippen molar-refractivity contribution < 1.29 is 9.29 Å². The van der Waals surface area contributed by atoms with E-state index in [-0.39, 0.29) is 11.4 Å². The van der Waals surface area contributed by atoms with Crippen LogP contribution in [0.15, 0.2) is 29.1 Å². The van der Waals surface area contributed by atoms with E-state index in [1.54, 1.807) is 12.1 Å². The standard InChI is InChI=1S/C16H16ClFN4OS/c1-3-14-20-22-15(23)7-10(19-16(22)24-14)8-21(2)9-11-12(17)5-4-6-13(11)18/h4-7H,3,8-9H2,1-2H3/p+1. The molecule has 1 unspecified atom stereocenters. The molecule has 1 N–H and O–H groups in total. The maximum Gasteiger partial charge on any atom is 0.275 e. The lowest BCUT2D eigenvalue weighted by Gasteiger charge is -2.14. The van der Waals surface area contributed by atoms with E-state index >= 15 is 0 Å². The molecule has 126 valence electrons. The molecular formula is C16H17ClFN4OS+. The highest BCUT2D eigenvalue weighted by Gasteiger charge is 2.15.